The minimum absolute atomic E-state index is 0.626. The topological polar surface area (TPSA) is 29.9 Å². The third-order valence-corrected chi connectivity index (χ3v) is 3.14. The van der Waals surface area contributed by atoms with Crippen LogP contribution >= 0.6 is 11.6 Å². The van der Waals surface area contributed by atoms with Crippen LogP contribution in [0.1, 0.15) is 18.4 Å². The molecule has 0 unspecified atom stereocenters. The molecule has 1 saturated carbocycles. The summed E-state index contributed by atoms with van der Waals surface area (Å²) >= 11 is 5.87. The highest BCUT2D eigenvalue weighted by Gasteiger charge is 2.22. The molecular formula is C13H14ClN3. The van der Waals surface area contributed by atoms with Gasteiger partial charge in [-0.2, -0.15) is 0 Å². The van der Waals surface area contributed by atoms with Crippen molar-refractivity contribution in [2.45, 2.75) is 25.4 Å². The molecule has 1 N–H and O–H groups in total. The lowest BCUT2D eigenvalue weighted by atomic mass is 10.2. The van der Waals surface area contributed by atoms with Crippen LogP contribution in [0.5, 0.6) is 0 Å². The van der Waals surface area contributed by atoms with Crippen molar-refractivity contribution in [1.82, 2.24) is 9.55 Å². The zero-order chi connectivity index (χ0) is 11.7. The van der Waals surface area contributed by atoms with Gasteiger partial charge in [-0.1, -0.05) is 23.7 Å². The molecule has 0 saturated heterocycles. The van der Waals surface area contributed by atoms with Crippen molar-refractivity contribution >= 4 is 17.5 Å². The number of nitrogens with one attached hydrogen (secondary N) is 1. The fourth-order valence-electron chi connectivity index (χ4n) is 1.77. The summed E-state index contributed by atoms with van der Waals surface area (Å²) in [5.74, 6) is 0.961. The molecule has 1 aromatic carbocycles. The van der Waals surface area contributed by atoms with Crippen molar-refractivity contribution < 1.29 is 0 Å². The number of rotatable bonds is 4. The molecule has 0 atom stereocenters. The SMILES string of the molecule is Clc1ccc(Cn2ccnc2NC2CC2)cc1. The van der Waals surface area contributed by atoms with E-state index < -0.39 is 0 Å². The fourth-order valence-corrected chi connectivity index (χ4v) is 1.90. The maximum absolute atomic E-state index is 5.87. The first-order valence-electron chi connectivity index (χ1n) is 5.83. The molecule has 1 aliphatic carbocycles. The van der Waals surface area contributed by atoms with Gasteiger partial charge >= 0.3 is 0 Å². The number of benzene rings is 1. The second-order valence-electron chi connectivity index (χ2n) is 4.42. The number of hydrogen-bond donors (Lipinski definition) is 1. The first-order chi connectivity index (χ1) is 8.31. The van der Waals surface area contributed by atoms with Crippen molar-refractivity contribution in [3.05, 3.63) is 47.2 Å². The Morgan fingerprint density at radius 1 is 1.29 bits per heavy atom. The number of halogens is 1. The highest BCUT2D eigenvalue weighted by Crippen LogP contribution is 2.24. The molecule has 0 bridgehead atoms. The summed E-state index contributed by atoms with van der Waals surface area (Å²) in [5.41, 5.74) is 1.23. The molecule has 88 valence electrons. The van der Waals surface area contributed by atoms with E-state index in [-0.39, 0.29) is 0 Å². The standard InChI is InChI=1S/C13H14ClN3/c14-11-3-1-10(2-4-11)9-17-8-7-15-13(17)16-12-5-6-12/h1-4,7-8,12H,5-6,9H2,(H,15,16). The third kappa shape index (κ3) is 2.61. The second-order valence-corrected chi connectivity index (χ2v) is 4.86. The van der Waals surface area contributed by atoms with E-state index in [1.54, 1.807) is 0 Å². The molecule has 0 spiro atoms. The van der Waals surface area contributed by atoms with Gasteiger partial charge < -0.3 is 9.88 Å². The Morgan fingerprint density at radius 3 is 2.76 bits per heavy atom. The Labute approximate surface area is 105 Å². The van der Waals surface area contributed by atoms with E-state index in [2.05, 4.69) is 14.9 Å². The molecule has 3 nitrogen and oxygen atoms in total. The lowest BCUT2D eigenvalue weighted by Gasteiger charge is -2.09. The molecule has 0 aliphatic heterocycles. The smallest absolute Gasteiger partial charge is 0.203 e. The summed E-state index contributed by atoms with van der Waals surface area (Å²) in [6.45, 7) is 0.826. The average molecular weight is 248 g/mol. The first kappa shape index (κ1) is 10.7. The summed E-state index contributed by atoms with van der Waals surface area (Å²) in [4.78, 5) is 4.34. The van der Waals surface area contributed by atoms with E-state index in [1.807, 2.05) is 36.7 Å². The molecule has 3 rings (SSSR count). The summed E-state index contributed by atoms with van der Waals surface area (Å²) in [6.07, 6.45) is 6.35. The van der Waals surface area contributed by atoms with Crippen LogP contribution in [-0.2, 0) is 6.54 Å². The predicted molar refractivity (Wildman–Crippen MR) is 69.4 cm³/mol. The van der Waals surface area contributed by atoms with Gasteiger partial charge in [0, 0.05) is 23.5 Å². The lowest BCUT2D eigenvalue weighted by Crippen LogP contribution is -2.09. The maximum Gasteiger partial charge on any atom is 0.203 e. The number of hydrogen-bond acceptors (Lipinski definition) is 2. The summed E-state index contributed by atoms with van der Waals surface area (Å²) in [7, 11) is 0. The highest BCUT2D eigenvalue weighted by molar-refractivity contribution is 6.30. The number of anilines is 1. The van der Waals surface area contributed by atoms with Crippen LogP contribution < -0.4 is 5.32 Å². The van der Waals surface area contributed by atoms with Crippen LogP contribution in [-0.4, -0.2) is 15.6 Å². The third-order valence-electron chi connectivity index (χ3n) is 2.89. The number of aromatic nitrogens is 2. The Kier molecular flexibility index (Phi) is 2.77. The van der Waals surface area contributed by atoms with E-state index >= 15 is 0 Å². The zero-order valence-corrected chi connectivity index (χ0v) is 10.2. The van der Waals surface area contributed by atoms with Crippen molar-refractivity contribution in [2.75, 3.05) is 5.32 Å². The Hall–Kier alpha value is -1.48. The van der Waals surface area contributed by atoms with E-state index in [9.17, 15) is 0 Å². The van der Waals surface area contributed by atoms with Gasteiger partial charge in [0.1, 0.15) is 0 Å². The van der Waals surface area contributed by atoms with E-state index in [0.717, 1.165) is 17.5 Å². The monoisotopic (exact) mass is 247 g/mol. The molecule has 4 heteroatoms. The van der Waals surface area contributed by atoms with Crippen molar-refractivity contribution in [3.63, 3.8) is 0 Å². The molecule has 1 aliphatic rings. The van der Waals surface area contributed by atoms with Crippen LogP contribution in [0, 0.1) is 0 Å². The predicted octanol–water partition coefficient (Wildman–Crippen LogP) is 3.16. The zero-order valence-electron chi connectivity index (χ0n) is 9.44. The minimum atomic E-state index is 0.626. The fraction of sp³-hybridized carbons (Fsp3) is 0.308. The molecule has 1 aromatic heterocycles. The van der Waals surface area contributed by atoms with Crippen LogP contribution in [0.25, 0.3) is 0 Å². The van der Waals surface area contributed by atoms with Gasteiger partial charge in [0.2, 0.25) is 5.95 Å². The van der Waals surface area contributed by atoms with Crippen LogP contribution in [0.4, 0.5) is 5.95 Å². The average Bonchev–Trinajstić information content (AvgIpc) is 3.03. The van der Waals surface area contributed by atoms with Gasteiger partial charge in [0.25, 0.3) is 0 Å². The van der Waals surface area contributed by atoms with E-state index in [4.69, 9.17) is 11.6 Å². The lowest BCUT2D eigenvalue weighted by molar-refractivity contribution is 0.796. The van der Waals surface area contributed by atoms with Crippen molar-refractivity contribution in [1.29, 1.82) is 0 Å². The van der Waals surface area contributed by atoms with Gasteiger partial charge in [-0.25, -0.2) is 4.98 Å². The molecular weight excluding hydrogens is 234 g/mol. The Bertz CT molecular complexity index is 500. The maximum atomic E-state index is 5.87. The van der Waals surface area contributed by atoms with Crippen LogP contribution in [0.3, 0.4) is 0 Å². The van der Waals surface area contributed by atoms with Crippen molar-refractivity contribution in [3.8, 4) is 0 Å². The number of imidazole rings is 1. The Balaban J connectivity index is 1.75. The van der Waals surface area contributed by atoms with Gasteiger partial charge in [-0.15, -0.1) is 0 Å². The summed E-state index contributed by atoms with van der Waals surface area (Å²) in [5, 5.41) is 4.20. The van der Waals surface area contributed by atoms with E-state index in [1.165, 1.54) is 18.4 Å². The van der Waals surface area contributed by atoms with Crippen LogP contribution in [0.2, 0.25) is 5.02 Å². The van der Waals surface area contributed by atoms with Gasteiger partial charge in [0.15, 0.2) is 0 Å². The number of nitrogens with zero attached hydrogens (tertiary/aromatic N) is 2. The molecule has 1 fully saturated rings. The summed E-state index contributed by atoms with van der Waals surface area (Å²) < 4.78 is 2.13. The normalized spacial score (nSPS) is 14.9. The molecule has 2 aromatic rings. The summed E-state index contributed by atoms with van der Waals surface area (Å²) in [6, 6.07) is 8.55. The van der Waals surface area contributed by atoms with Gasteiger partial charge in [-0.05, 0) is 30.5 Å². The molecule has 0 amide bonds. The quantitative estimate of drug-likeness (QED) is 0.900. The molecule has 0 radical (unpaired) electrons. The Morgan fingerprint density at radius 2 is 2.06 bits per heavy atom. The second kappa shape index (κ2) is 4.41. The molecule has 1 heterocycles. The molecule has 17 heavy (non-hydrogen) atoms. The van der Waals surface area contributed by atoms with Gasteiger partial charge in [0.05, 0.1) is 6.54 Å². The van der Waals surface area contributed by atoms with E-state index in [0.29, 0.717) is 6.04 Å². The van der Waals surface area contributed by atoms with Crippen LogP contribution in [0.15, 0.2) is 36.7 Å². The van der Waals surface area contributed by atoms with Gasteiger partial charge in [-0.3, -0.25) is 0 Å². The first-order valence-corrected chi connectivity index (χ1v) is 6.21. The minimum Gasteiger partial charge on any atom is -0.353 e. The van der Waals surface area contributed by atoms with Crippen molar-refractivity contribution in [2.24, 2.45) is 0 Å². The largest absolute Gasteiger partial charge is 0.353 e. The highest BCUT2D eigenvalue weighted by atomic mass is 35.5.